The van der Waals surface area contributed by atoms with Crippen molar-refractivity contribution >= 4 is 22.6 Å². The second-order valence-corrected chi connectivity index (χ2v) is 5.83. The number of fused-ring (bicyclic) bond motifs is 1. The summed E-state index contributed by atoms with van der Waals surface area (Å²) in [5.41, 5.74) is 0. The third-order valence-electron chi connectivity index (χ3n) is 3.98. The molecule has 1 fully saturated rings. The van der Waals surface area contributed by atoms with Crippen molar-refractivity contribution in [3.8, 4) is 5.75 Å². The smallest absolute Gasteiger partial charge is 0.323 e. The number of carbonyl (C=O) groups excluding carboxylic acids is 1. The fourth-order valence-electron chi connectivity index (χ4n) is 2.69. The molecule has 0 radical (unpaired) electrons. The van der Waals surface area contributed by atoms with E-state index in [0.29, 0.717) is 5.75 Å². The SMILES string of the molecule is CC(Oc1cccc2ccccc12)C(=O)N(CC(=O)O)C1CC1. The monoisotopic (exact) mass is 313 g/mol. The number of nitrogens with zero attached hydrogens (tertiary/aromatic N) is 1. The fourth-order valence-corrected chi connectivity index (χ4v) is 2.69. The molecule has 0 aromatic heterocycles. The molecule has 1 atom stereocenters. The van der Waals surface area contributed by atoms with Crippen LogP contribution in [0.4, 0.5) is 0 Å². The van der Waals surface area contributed by atoms with E-state index in [0.717, 1.165) is 23.6 Å². The molecule has 0 aliphatic heterocycles. The van der Waals surface area contributed by atoms with E-state index in [1.54, 1.807) is 6.92 Å². The Bertz CT molecular complexity index is 733. The van der Waals surface area contributed by atoms with Gasteiger partial charge < -0.3 is 14.7 Å². The molecule has 0 saturated heterocycles. The maximum atomic E-state index is 12.5. The van der Waals surface area contributed by atoms with E-state index < -0.39 is 12.1 Å². The van der Waals surface area contributed by atoms with Gasteiger partial charge in [-0.05, 0) is 31.2 Å². The van der Waals surface area contributed by atoms with Crippen LogP contribution < -0.4 is 4.74 Å². The lowest BCUT2D eigenvalue weighted by Crippen LogP contribution is -2.44. The Hall–Kier alpha value is -2.56. The predicted molar refractivity (Wildman–Crippen MR) is 86.4 cm³/mol. The number of ether oxygens (including phenoxy) is 1. The third-order valence-corrected chi connectivity index (χ3v) is 3.98. The highest BCUT2D eigenvalue weighted by Crippen LogP contribution is 2.29. The lowest BCUT2D eigenvalue weighted by molar-refractivity contribution is -0.148. The number of benzene rings is 2. The second kappa shape index (κ2) is 6.28. The maximum Gasteiger partial charge on any atom is 0.323 e. The van der Waals surface area contributed by atoms with Gasteiger partial charge in [-0.15, -0.1) is 0 Å². The molecule has 23 heavy (non-hydrogen) atoms. The van der Waals surface area contributed by atoms with Crippen LogP contribution in [0.15, 0.2) is 42.5 Å². The van der Waals surface area contributed by atoms with Crippen molar-refractivity contribution in [3.05, 3.63) is 42.5 Å². The van der Waals surface area contributed by atoms with Crippen molar-refractivity contribution < 1.29 is 19.4 Å². The van der Waals surface area contributed by atoms with Crippen LogP contribution >= 0.6 is 0 Å². The van der Waals surface area contributed by atoms with Crippen LogP contribution in [-0.4, -0.2) is 40.6 Å². The maximum absolute atomic E-state index is 12.5. The Balaban J connectivity index is 1.78. The molecule has 5 nitrogen and oxygen atoms in total. The number of hydrogen-bond acceptors (Lipinski definition) is 3. The van der Waals surface area contributed by atoms with Gasteiger partial charge in [-0.25, -0.2) is 0 Å². The summed E-state index contributed by atoms with van der Waals surface area (Å²) in [5, 5.41) is 11.0. The molecule has 1 aliphatic carbocycles. The molecule has 1 amide bonds. The average molecular weight is 313 g/mol. The van der Waals surface area contributed by atoms with Crippen LogP contribution in [-0.2, 0) is 9.59 Å². The topological polar surface area (TPSA) is 66.8 Å². The van der Waals surface area contributed by atoms with Crippen LogP contribution in [0.25, 0.3) is 10.8 Å². The van der Waals surface area contributed by atoms with Gasteiger partial charge in [0.05, 0.1) is 0 Å². The van der Waals surface area contributed by atoms with E-state index in [4.69, 9.17) is 9.84 Å². The quantitative estimate of drug-likeness (QED) is 0.890. The molecule has 5 heteroatoms. The van der Waals surface area contributed by atoms with Crippen LogP contribution in [0.2, 0.25) is 0 Å². The zero-order chi connectivity index (χ0) is 16.4. The number of aliphatic carboxylic acids is 1. The number of carbonyl (C=O) groups is 2. The van der Waals surface area contributed by atoms with Gasteiger partial charge in [0.15, 0.2) is 6.10 Å². The molecule has 0 spiro atoms. The van der Waals surface area contributed by atoms with E-state index in [9.17, 15) is 9.59 Å². The van der Waals surface area contributed by atoms with Crippen LogP contribution in [0.1, 0.15) is 19.8 Å². The molecule has 1 unspecified atom stereocenters. The van der Waals surface area contributed by atoms with E-state index in [1.165, 1.54) is 4.90 Å². The molecule has 1 aliphatic rings. The van der Waals surface area contributed by atoms with E-state index in [1.807, 2.05) is 42.5 Å². The molecular weight excluding hydrogens is 294 g/mol. The number of hydrogen-bond donors (Lipinski definition) is 1. The molecule has 3 rings (SSSR count). The van der Waals surface area contributed by atoms with Crippen molar-refractivity contribution in [3.63, 3.8) is 0 Å². The summed E-state index contributed by atoms with van der Waals surface area (Å²) < 4.78 is 5.85. The molecule has 2 aromatic rings. The van der Waals surface area contributed by atoms with Gasteiger partial charge >= 0.3 is 5.97 Å². The highest BCUT2D eigenvalue weighted by molar-refractivity contribution is 5.89. The van der Waals surface area contributed by atoms with Gasteiger partial charge in [0.25, 0.3) is 5.91 Å². The minimum atomic E-state index is -0.998. The van der Waals surface area contributed by atoms with Gasteiger partial charge in [0.1, 0.15) is 12.3 Å². The zero-order valence-corrected chi connectivity index (χ0v) is 12.9. The Labute approximate surface area is 134 Å². The molecule has 0 bridgehead atoms. The molecule has 2 aromatic carbocycles. The first-order chi connectivity index (χ1) is 11.1. The lowest BCUT2D eigenvalue weighted by atomic mass is 10.1. The predicted octanol–water partition coefficient (Wildman–Crippen LogP) is 2.68. The first kappa shape index (κ1) is 15.3. The molecule has 0 heterocycles. The molecule has 1 N–H and O–H groups in total. The van der Waals surface area contributed by atoms with Crippen molar-refractivity contribution in [1.29, 1.82) is 0 Å². The summed E-state index contributed by atoms with van der Waals surface area (Å²) in [6.07, 6.45) is 1.00. The number of amides is 1. The zero-order valence-electron chi connectivity index (χ0n) is 12.9. The van der Waals surface area contributed by atoms with Crippen molar-refractivity contribution in [2.45, 2.75) is 31.9 Å². The van der Waals surface area contributed by atoms with Gasteiger partial charge in [0, 0.05) is 11.4 Å². The number of rotatable bonds is 6. The summed E-state index contributed by atoms with van der Waals surface area (Å²) >= 11 is 0. The molecular formula is C18H19NO4. The largest absolute Gasteiger partial charge is 0.480 e. The summed E-state index contributed by atoms with van der Waals surface area (Å²) in [6.45, 7) is 1.40. The van der Waals surface area contributed by atoms with Crippen LogP contribution in [0, 0.1) is 0 Å². The Kier molecular flexibility index (Phi) is 4.19. The summed E-state index contributed by atoms with van der Waals surface area (Å²) in [4.78, 5) is 24.9. The number of carboxylic acids is 1. The minimum absolute atomic E-state index is 0.0390. The highest BCUT2D eigenvalue weighted by atomic mass is 16.5. The molecule has 1 saturated carbocycles. The van der Waals surface area contributed by atoms with Crippen molar-refractivity contribution in [1.82, 2.24) is 4.90 Å². The standard InChI is InChI=1S/C18H19NO4/c1-12(18(22)19(11-17(20)21)14-9-10-14)23-16-8-4-6-13-5-2-3-7-15(13)16/h2-8,12,14H,9-11H2,1H3,(H,20,21). The Morgan fingerprint density at radius 1 is 1.22 bits per heavy atom. The Morgan fingerprint density at radius 2 is 1.91 bits per heavy atom. The van der Waals surface area contributed by atoms with Crippen molar-refractivity contribution in [2.24, 2.45) is 0 Å². The van der Waals surface area contributed by atoms with Gasteiger partial charge in [-0.1, -0.05) is 36.4 Å². The number of carboxylic acid groups (broad SMARTS) is 1. The van der Waals surface area contributed by atoms with Gasteiger partial charge in [-0.3, -0.25) is 9.59 Å². The van der Waals surface area contributed by atoms with Crippen molar-refractivity contribution in [2.75, 3.05) is 6.54 Å². The van der Waals surface area contributed by atoms with E-state index in [-0.39, 0.29) is 18.5 Å². The van der Waals surface area contributed by atoms with E-state index in [2.05, 4.69) is 0 Å². The van der Waals surface area contributed by atoms with Gasteiger partial charge in [0.2, 0.25) is 0 Å². The van der Waals surface area contributed by atoms with Gasteiger partial charge in [-0.2, -0.15) is 0 Å². The molecule has 120 valence electrons. The first-order valence-corrected chi connectivity index (χ1v) is 7.73. The lowest BCUT2D eigenvalue weighted by Gasteiger charge is -2.24. The third kappa shape index (κ3) is 3.44. The summed E-state index contributed by atoms with van der Waals surface area (Å²) in [7, 11) is 0. The minimum Gasteiger partial charge on any atom is -0.480 e. The fraction of sp³-hybridized carbons (Fsp3) is 0.333. The normalized spacial score (nSPS) is 15.2. The average Bonchev–Trinajstić information content (AvgIpc) is 3.37. The van der Waals surface area contributed by atoms with E-state index >= 15 is 0 Å². The van der Waals surface area contributed by atoms with Crippen LogP contribution in [0.3, 0.4) is 0 Å². The second-order valence-electron chi connectivity index (χ2n) is 5.83. The summed E-state index contributed by atoms with van der Waals surface area (Å²) in [6, 6.07) is 13.5. The van der Waals surface area contributed by atoms with Crippen LogP contribution in [0.5, 0.6) is 5.75 Å². The first-order valence-electron chi connectivity index (χ1n) is 7.73. The highest BCUT2D eigenvalue weighted by Gasteiger charge is 2.36. The Morgan fingerprint density at radius 3 is 2.61 bits per heavy atom. The summed E-state index contributed by atoms with van der Waals surface area (Å²) in [5.74, 6) is -0.638.